The fourth-order valence-corrected chi connectivity index (χ4v) is 2.97. The molecule has 1 N–H and O–H groups in total. The highest BCUT2D eigenvalue weighted by Gasteiger charge is 2.18. The first kappa shape index (κ1) is 12.6. The zero-order valence-electron chi connectivity index (χ0n) is 10.4. The van der Waals surface area contributed by atoms with Crippen molar-refractivity contribution in [1.82, 2.24) is 9.55 Å². The van der Waals surface area contributed by atoms with Crippen LogP contribution in [-0.4, -0.2) is 31.8 Å². The Morgan fingerprint density at radius 3 is 3.00 bits per heavy atom. The molecule has 1 aliphatic carbocycles. The molecule has 1 aromatic heterocycles. The third-order valence-corrected chi connectivity index (χ3v) is 4.62. The average Bonchev–Trinajstić information content (AvgIpc) is 2.98. The normalized spacial score (nSPS) is 18.4. The van der Waals surface area contributed by atoms with E-state index in [2.05, 4.69) is 21.1 Å². The van der Waals surface area contributed by atoms with Gasteiger partial charge in [-0.2, -0.15) is 0 Å². The molecule has 0 aromatic carbocycles. The first-order chi connectivity index (χ1) is 8.31. The van der Waals surface area contributed by atoms with Crippen LogP contribution in [-0.2, 0) is 10.8 Å². The largest absolute Gasteiger partial charge is 0.355 e. The summed E-state index contributed by atoms with van der Waals surface area (Å²) in [6.45, 7) is 2.69. The zero-order chi connectivity index (χ0) is 12.1. The second kappa shape index (κ2) is 6.19. The molecule has 5 heteroatoms. The van der Waals surface area contributed by atoms with Gasteiger partial charge in [-0.25, -0.2) is 4.98 Å². The second-order valence-corrected chi connectivity index (χ2v) is 6.32. The van der Waals surface area contributed by atoms with Gasteiger partial charge in [0.15, 0.2) is 0 Å². The van der Waals surface area contributed by atoms with Crippen molar-refractivity contribution >= 4 is 16.7 Å². The van der Waals surface area contributed by atoms with Gasteiger partial charge in [-0.1, -0.05) is 19.8 Å². The fourth-order valence-electron chi connectivity index (χ4n) is 2.35. The van der Waals surface area contributed by atoms with Crippen molar-refractivity contribution < 1.29 is 4.21 Å². The molecule has 1 fully saturated rings. The number of rotatable bonds is 6. The fraction of sp³-hybridized carbons (Fsp3) is 0.750. The molecule has 17 heavy (non-hydrogen) atoms. The Bertz CT molecular complexity index is 372. The van der Waals surface area contributed by atoms with E-state index in [9.17, 15) is 4.21 Å². The monoisotopic (exact) mass is 255 g/mol. The summed E-state index contributed by atoms with van der Waals surface area (Å²) in [5.74, 6) is 2.37. The number of imidazole rings is 1. The first-order valence-corrected chi connectivity index (χ1v) is 7.91. The van der Waals surface area contributed by atoms with E-state index in [1.54, 1.807) is 0 Å². The summed E-state index contributed by atoms with van der Waals surface area (Å²) in [4.78, 5) is 4.34. The van der Waals surface area contributed by atoms with Gasteiger partial charge in [-0.15, -0.1) is 0 Å². The molecule has 1 unspecified atom stereocenters. The molecule has 1 atom stereocenters. The molecule has 0 radical (unpaired) electrons. The summed E-state index contributed by atoms with van der Waals surface area (Å²) >= 11 is 0. The number of aromatic nitrogens is 2. The molecular weight excluding hydrogens is 234 g/mol. The summed E-state index contributed by atoms with van der Waals surface area (Å²) < 4.78 is 13.6. The molecule has 96 valence electrons. The standard InChI is InChI=1S/C12H21N3OS/c1-2-17(16)10-8-14-12-13-7-9-15(12)11-5-3-4-6-11/h7,9,11H,2-6,8,10H2,1H3,(H,13,14). The van der Waals surface area contributed by atoms with Crippen LogP contribution >= 0.6 is 0 Å². The SMILES string of the molecule is CCS(=O)CCNc1nccn1C1CCCC1. The third-order valence-electron chi connectivity index (χ3n) is 3.32. The van der Waals surface area contributed by atoms with Crippen molar-refractivity contribution in [2.75, 3.05) is 23.4 Å². The van der Waals surface area contributed by atoms with Crippen LogP contribution in [0.4, 0.5) is 5.95 Å². The van der Waals surface area contributed by atoms with Crippen LogP contribution in [0.25, 0.3) is 0 Å². The Morgan fingerprint density at radius 2 is 2.29 bits per heavy atom. The maximum atomic E-state index is 11.3. The minimum atomic E-state index is -0.697. The third kappa shape index (κ3) is 3.31. The number of anilines is 1. The van der Waals surface area contributed by atoms with Crippen LogP contribution in [0.1, 0.15) is 38.6 Å². The Hall–Kier alpha value is -0.840. The van der Waals surface area contributed by atoms with Crippen molar-refractivity contribution in [1.29, 1.82) is 0 Å². The second-order valence-electron chi connectivity index (χ2n) is 4.46. The molecule has 1 aromatic rings. The van der Waals surface area contributed by atoms with Crippen LogP contribution in [0.15, 0.2) is 12.4 Å². The molecular formula is C12H21N3OS. The molecule has 2 rings (SSSR count). The maximum absolute atomic E-state index is 11.3. The predicted octanol–water partition coefficient (Wildman–Crippen LogP) is 2.18. The van der Waals surface area contributed by atoms with Gasteiger partial charge in [-0.05, 0) is 12.8 Å². The number of nitrogens with one attached hydrogen (secondary N) is 1. The molecule has 0 spiro atoms. The highest BCUT2D eigenvalue weighted by Crippen LogP contribution is 2.31. The zero-order valence-corrected chi connectivity index (χ0v) is 11.2. The van der Waals surface area contributed by atoms with E-state index in [0.29, 0.717) is 11.8 Å². The summed E-state index contributed by atoms with van der Waals surface area (Å²) in [6, 6.07) is 0.608. The van der Waals surface area contributed by atoms with Gasteiger partial charge in [0.25, 0.3) is 0 Å². The molecule has 0 aliphatic heterocycles. The first-order valence-electron chi connectivity index (χ1n) is 6.43. The Kier molecular flexibility index (Phi) is 4.59. The summed E-state index contributed by atoms with van der Waals surface area (Å²) in [7, 11) is -0.697. The van der Waals surface area contributed by atoms with Crippen LogP contribution < -0.4 is 5.32 Å². The molecule has 0 saturated heterocycles. The van der Waals surface area contributed by atoms with Crippen LogP contribution in [0.5, 0.6) is 0 Å². The highest BCUT2D eigenvalue weighted by molar-refractivity contribution is 7.84. The minimum Gasteiger partial charge on any atom is -0.355 e. The highest BCUT2D eigenvalue weighted by atomic mass is 32.2. The molecule has 1 heterocycles. The predicted molar refractivity (Wildman–Crippen MR) is 71.8 cm³/mol. The van der Waals surface area contributed by atoms with Crippen LogP contribution in [0.2, 0.25) is 0 Å². The topological polar surface area (TPSA) is 46.9 Å². The van der Waals surface area contributed by atoms with E-state index in [-0.39, 0.29) is 0 Å². The van der Waals surface area contributed by atoms with E-state index in [1.807, 2.05) is 13.1 Å². The van der Waals surface area contributed by atoms with Gasteiger partial charge in [0, 0.05) is 47.3 Å². The lowest BCUT2D eigenvalue weighted by molar-refractivity contribution is 0.523. The van der Waals surface area contributed by atoms with Crippen molar-refractivity contribution in [3.05, 3.63) is 12.4 Å². The van der Waals surface area contributed by atoms with Crippen molar-refractivity contribution in [3.63, 3.8) is 0 Å². The summed E-state index contributed by atoms with van der Waals surface area (Å²) in [6.07, 6.45) is 9.05. The Balaban J connectivity index is 1.88. The van der Waals surface area contributed by atoms with Crippen molar-refractivity contribution in [2.24, 2.45) is 0 Å². The number of hydrogen-bond acceptors (Lipinski definition) is 3. The van der Waals surface area contributed by atoms with E-state index >= 15 is 0 Å². The van der Waals surface area contributed by atoms with Crippen LogP contribution in [0, 0.1) is 0 Å². The van der Waals surface area contributed by atoms with Crippen molar-refractivity contribution in [2.45, 2.75) is 38.6 Å². The molecule has 1 aliphatic rings. The number of hydrogen-bond donors (Lipinski definition) is 1. The minimum absolute atomic E-state index is 0.608. The van der Waals surface area contributed by atoms with E-state index < -0.39 is 10.8 Å². The van der Waals surface area contributed by atoms with Crippen LogP contribution in [0.3, 0.4) is 0 Å². The molecule has 0 bridgehead atoms. The quantitative estimate of drug-likeness (QED) is 0.847. The summed E-state index contributed by atoms with van der Waals surface area (Å²) in [5, 5.41) is 3.29. The summed E-state index contributed by atoms with van der Waals surface area (Å²) in [5.41, 5.74) is 0. The Labute approximate surface area is 105 Å². The van der Waals surface area contributed by atoms with Crippen molar-refractivity contribution in [3.8, 4) is 0 Å². The maximum Gasteiger partial charge on any atom is 0.203 e. The lowest BCUT2D eigenvalue weighted by atomic mass is 10.2. The van der Waals surface area contributed by atoms with E-state index in [0.717, 1.165) is 18.2 Å². The van der Waals surface area contributed by atoms with E-state index in [4.69, 9.17) is 0 Å². The van der Waals surface area contributed by atoms with Gasteiger partial charge in [0.05, 0.1) is 0 Å². The van der Waals surface area contributed by atoms with Gasteiger partial charge < -0.3 is 9.88 Å². The van der Waals surface area contributed by atoms with Gasteiger partial charge in [-0.3, -0.25) is 4.21 Å². The molecule has 4 nitrogen and oxygen atoms in total. The van der Waals surface area contributed by atoms with Gasteiger partial charge >= 0.3 is 0 Å². The molecule has 0 amide bonds. The Morgan fingerprint density at radius 1 is 1.53 bits per heavy atom. The van der Waals surface area contributed by atoms with Gasteiger partial charge in [0.1, 0.15) is 0 Å². The van der Waals surface area contributed by atoms with Gasteiger partial charge in [0.2, 0.25) is 5.95 Å². The van der Waals surface area contributed by atoms with E-state index in [1.165, 1.54) is 25.7 Å². The average molecular weight is 255 g/mol. The number of nitrogens with zero attached hydrogens (tertiary/aromatic N) is 2. The lowest BCUT2D eigenvalue weighted by Crippen LogP contribution is -2.16. The molecule has 1 saturated carbocycles. The smallest absolute Gasteiger partial charge is 0.203 e. The lowest BCUT2D eigenvalue weighted by Gasteiger charge is -2.15.